The van der Waals surface area contributed by atoms with E-state index >= 15 is 0 Å². The van der Waals surface area contributed by atoms with E-state index < -0.39 is 4.92 Å². The van der Waals surface area contributed by atoms with E-state index in [2.05, 4.69) is 15.9 Å². The number of ether oxygens (including phenoxy) is 1. The summed E-state index contributed by atoms with van der Waals surface area (Å²) in [5.41, 5.74) is 3.52. The molecule has 0 bridgehead atoms. The first kappa shape index (κ1) is 20.2. The number of hydrogen-bond donors (Lipinski definition) is 0. The van der Waals surface area contributed by atoms with E-state index in [9.17, 15) is 14.9 Å². The number of benzene rings is 2. The van der Waals surface area contributed by atoms with Crippen LogP contribution in [-0.2, 0) is 17.8 Å². The number of piperazine rings is 1. The SMILES string of the molecule is COc1cccc2c1CN(CC(=O)N1CCN(c3ccc([N+](=O)[O-])cc3)CC1)CC2. The molecular formula is C22H26N4O4. The lowest BCUT2D eigenvalue weighted by molar-refractivity contribution is -0.384. The smallest absolute Gasteiger partial charge is 0.269 e. The van der Waals surface area contributed by atoms with E-state index in [1.54, 1.807) is 19.2 Å². The highest BCUT2D eigenvalue weighted by atomic mass is 16.6. The standard InChI is InChI=1S/C22H26N4O4/c1-30-21-4-2-3-17-9-10-23(15-20(17)21)16-22(27)25-13-11-24(12-14-25)18-5-7-19(8-6-18)26(28)29/h2-8H,9-16H2,1H3. The molecule has 2 aromatic rings. The fraction of sp³-hybridized carbons (Fsp3) is 0.409. The van der Waals surface area contributed by atoms with Crippen LogP contribution in [0.5, 0.6) is 5.75 Å². The third-order valence-corrected chi connectivity index (χ3v) is 5.95. The van der Waals surface area contributed by atoms with E-state index in [-0.39, 0.29) is 11.6 Å². The molecule has 1 saturated heterocycles. The number of nitrogens with zero attached hydrogens (tertiary/aromatic N) is 4. The Balaban J connectivity index is 1.31. The maximum absolute atomic E-state index is 12.9. The zero-order chi connectivity index (χ0) is 21.1. The highest BCUT2D eigenvalue weighted by Crippen LogP contribution is 2.28. The van der Waals surface area contributed by atoms with Crippen molar-refractivity contribution in [2.75, 3.05) is 51.3 Å². The first-order valence-electron chi connectivity index (χ1n) is 10.2. The van der Waals surface area contributed by atoms with Gasteiger partial charge in [-0.25, -0.2) is 0 Å². The summed E-state index contributed by atoms with van der Waals surface area (Å²) in [4.78, 5) is 29.5. The Morgan fingerprint density at radius 1 is 1.07 bits per heavy atom. The average molecular weight is 410 g/mol. The highest BCUT2D eigenvalue weighted by molar-refractivity contribution is 5.78. The van der Waals surface area contributed by atoms with Crippen LogP contribution in [0.1, 0.15) is 11.1 Å². The van der Waals surface area contributed by atoms with Crippen LogP contribution in [0.15, 0.2) is 42.5 Å². The van der Waals surface area contributed by atoms with Crippen molar-refractivity contribution in [3.8, 4) is 5.75 Å². The summed E-state index contributed by atoms with van der Waals surface area (Å²) >= 11 is 0. The minimum atomic E-state index is -0.394. The molecule has 0 atom stereocenters. The first-order valence-corrected chi connectivity index (χ1v) is 10.2. The predicted molar refractivity (Wildman–Crippen MR) is 114 cm³/mol. The van der Waals surface area contributed by atoms with Gasteiger partial charge in [-0.15, -0.1) is 0 Å². The van der Waals surface area contributed by atoms with Crippen molar-refractivity contribution < 1.29 is 14.5 Å². The quantitative estimate of drug-likeness (QED) is 0.556. The van der Waals surface area contributed by atoms with Crippen molar-refractivity contribution >= 4 is 17.3 Å². The zero-order valence-electron chi connectivity index (χ0n) is 17.1. The minimum Gasteiger partial charge on any atom is -0.496 e. The number of carbonyl (C=O) groups is 1. The van der Waals surface area contributed by atoms with Crippen LogP contribution in [0.2, 0.25) is 0 Å². The molecule has 30 heavy (non-hydrogen) atoms. The van der Waals surface area contributed by atoms with Crippen molar-refractivity contribution in [3.05, 3.63) is 63.7 Å². The number of hydrogen-bond acceptors (Lipinski definition) is 6. The molecule has 8 heteroatoms. The summed E-state index contributed by atoms with van der Waals surface area (Å²) in [6.45, 7) is 4.77. The van der Waals surface area contributed by atoms with E-state index in [0.29, 0.717) is 19.6 Å². The molecule has 4 rings (SSSR count). The molecule has 0 aliphatic carbocycles. The maximum Gasteiger partial charge on any atom is 0.269 e. The number of nitro benzene ring substituents is 1. The second-order valence-corrected chi connectivity index (χ2v) is 7.70. The Kier molecular flexibility index (Phi) is 5.85. The van der Waals surface area contributed by atoms with Gasteiger partial charge in [0, 0.05) is 62.7 Å². The van der Waals surface area contributed by atoms with E-state index in [0.717, 1.165) is 44.0 Å². The van der Waals surface area contributed by atoms with Crippen molar-refractivity contribution in [1.29, 1.82) is 0 Å². The molecular weight excluding hydrogens is 384 g/mol. The Bertz CT molecular complexity index is 909. The number of carbonyl (C=O) groups excluding carboxylic acids is 1. The van der Waals surface area contributed by atoms with Crippen LogP contribution in [0.3, 0.4) is 0 Å². The normalized spacial score (nSPS) is 16.8. The summed E-state index contributed by atoms with van der Waals surface area (Å²) in [6.07, 6.45) is 0.924. The Morgan fingerprint density at radius 2 is 1.80 bits per heavy atom. The van der Waals surface area contributed by atoms with Gasteiger partial charge in [-0.2, -0.15) is 0 Å². The van der Waals surface area contributed by atoms with Crippen LogP contribution in [0.25, 0.3) is 0 Å². The van der Waals surface area contributed by atoms with Crippen molar-refractivity contribution in [3.63, 3.8) is 0 Å². The topological polar surface area (TPSA) is 79.2 Å². The molecule has 1 fully saturated rings. The molecule has 2 aromatic carbocycles. The van der Waals surface area contributed by atoms with Crippen LogP contribution >= 0.6 is 0 Å². The molecule has 1 amide bonds. The lowest BCUT2D eigenvalue weighted by atomic mass is 9.99. The maximum atomic E-state index is 12.9. The molecule has 0 N–H and O–H groups in total. The van der Waals surface area contributed by atoms with Gasteiger partial charge in [-0.05, 0) is 30.2 Å². The minimum absolute atomic E-state index is 0.0901. The van der Waals surface area contributed by atoms with Gasteiger partial charge in [0.2, 0.25) is 5.91 Å². The first-order chi connectivity index (χ1) is 14.5. The molecule has 2 aliphatic rings. The molecule has 2 aliphatic heterocycles. The largest absolute Gasteiger partial charge is 0.496 e. The van der Waals surface area contributed by atoms with Crippen molar-refractivity contribution in [1.82, 2.24) is 9.80 Å². The molecule has 0 unspecified atom stereocenters. The van der Waals surface area contributed by atoms with Crippen molar-refractivity contribution in [2.45, 2.75) is 13.0 Å². The Hall–Kier alpha value is -3.13. The third kappa shape index (κ3) is 4.23. The van der Waals surface area contributed by atoms with E-state index in [4.69, 9.17) is 4.74 Å². The Morgan fingerprint density at radius 3 is 2.47 bits per heavy atom. The fourth-order valence-corrected chi connectivity index (χ4v) is 4.22. The lowest BCUT2D eigenvalue weighted by Gasteiger charge is -2.37. The number of rotatable bonds is 5. The molecule has 2 heterocycles. The van der Waals surface area contributed by atoms with Gasteiger partial charge in [0.1, 0.15) is 5.75 Å². The van der Waals surface area contributed by atoms with Crippen LogP contribution < -0.4 is 9.64 Å². The Labute approximate surface area is 175 Å². The van der Waals surface area contributed by atoms with Gasteiger partial charge in [0.05, 0.1) is 18.6 Å². The predicted octanol–water partition coefficient (Wildman–Crippen LogP) is 2.31. The zero-order valence-corrected chi connectivity index (χ0v) is 17.1. The monoisotopic (exact) mass is 410 g/mol. The number of anilines is 1. The fourth-order valence-electron chi connectivity index (χ4n) is 4.22. The molecule has 0 saturated carbocycles. The summed E-state index contributed by atoms with van der Waals surface area (Å²) in [5, 5.41) is 10.8. The van der Waals surface area contributed by atoms with Gasteiger partial charge in [-0.1, -0.05) is 12.1 Å². The molecule has 0 radical (unpaired) electrons. The van der Waals surface area contributed by atoms with Gasteiger partial charge in [-0.3, -0.25) is 19.8 Å². The average Bonchev–Trinajstić information content (AvgIpc) is 2.78. The van der Waals surface area contributed by atoms with E-state index in [1.165, 1.54) is 23.3 Å². The van der Waals surface area contributed by atoms with Crippen LogP contribution in [0, 0.1) is 10.1 Å². The van der Waals surface area contributed by atoms with Gasteiger partial charge in [0.25, 0.3) is 5.69 Å². The number of non-ortho nitro benzene ring substituents is 1. The summed E-state index contributed by atoms with van der Waals surface area (Å²) in [7, 11) is 1.68. The van der Waals surface area contributed by atoms with Gasteiger partial charge < -0.3 is 14.5 Å². The molecule has 0 spiro atoms. The second-order valence-electron chi connectivity index (χ2n) is 7.70. The summed E-state index contributed by atoms with van der Waals surface area (Å²) in [5.74, 6) is 1.04. The molecule has 158 valence electrons. The highest BCUT2D eigenvalue weighted by Gasteiger charge is 2.26. The number of nitro groups is 1. The van der Waals surface area contributed by atoms with Crippen molar-refractivity contribution in [2.24, 2.45) is 0 Å². The lowest BCUT2D eigenvalue weighted by Crippen LogP contribution is -2.51. The third-order valence-electron chi connectivity index (χ3n) is 5.95. The summed E-state index contributed by atoms with van der Waals surface area (Å²) in [6, 6.07) is 12.7. The second kappa shape index (κ2) is 8.71. The molecule has 0 aromatic heterocycles. The van der Waals surface area contributed by atoms with Gasteiger partial charge in [0.15, 0.2) is 0 Å². The molecule has 8 nitrogen and oxygen atoms in total. The van der Waals surface area contributed by atoms with Crippen LogP contribution in [-0.4, -0.2) is 67.0 Å². The number of amides is 1. The van der Waals surface area contributed by atoms with Gasteiger partial charge >= 0.3 is 0 Å². The van der Waals surface area contributed by atoms with E-state index in [1.807, 2.05) is 17.0 Å². The van der Waals surface area contributed by atoms with Crippen LogP contribution in [0.4, 0.5) is 11.4 Å². The number of methoxy groups -OCH3 is 1. The number of fused-ring (bicyclic) bond motifs is 1. The summed E-state index contributed by atoms with van der Waals surface area (Å²) < 4.78 is 5.49.